The van der Waals surface area contributed by atoms with Crippen molar-refractivity contribution in [2.24, 2.45) is 5.73 Å². The Bertz CT molecular complexity index is 163. The SMILES string of the molecule is CCCCC(=CC(N)=O)CCCC. The van der Waals surface area contributed by atoms with E-state index in [1.54, 1.807) is 6.08 Å². The molecule has 13 heavy (non-hydrogen) atoms. The lowest BCUT2D eigenvalue weighted by molar-refractivity contribution is -0.113. The Labute approximate surface area is 81.2 Å². The molecule has 0 fully saturated rings. The third-order valence-corrected chi connectivity index (χ3v) is 2.05. The third-order valence-electron chi connectivity index (χ3n) is 2.05. The fourth-order valence-electron chi connectivity index (χ4n) is 1.28. The fourth-order valence-corrected chi connectivity index (χ4v) is 1.28. The molecule has 0 aromatic carbocycles. The van der Waals surface area contributed by atoms with Gasteiger partial charge >= 0.3 is 0 Å². The third kappa shape index (κ3) is 7.57. The zero-order chi connectivity index (χ0) is 10.1. The topological polar surface area (TPSA) is 43.1 Å². The summed E-state index contributed by atoms with van der Waals surface area (Å²) in [4.78, 5) is 10.7. The molecule has 0 saturated carbocycles. The van der Waals surface area contributed by atoms with Crippen molar-refractivity contribution in [1.29, 1.82) is 0 Å². The number of nitrogens with two attached hydrogens (primary N) is 1. The summed E-state index contributed by atoms with van der Waals surface area (Å²) < 4.78 is 0. The van der Waals surface area contributed by atoms with E-state index in [1.807, 2.05) is 0 Å². The van der Waals surface area contributed by atoms with Gasteiger partial charge in [0.2, 0.25) is 5.91 Å². The molecule has 0 bridgehead atoms. The van der Waals surface area contributed by atoms with E-state index in [0.717, 1.165) is 25.7 Å². The van der Waals surface area contributed by atoms with Crippen LogP contribution in [0.4, 0.5) is 0 Å². The van der Waals surface area contributed by atoms with Gasteiger partial charge in [-0.25, -0.2) is 0 Å². The molecule has 1 amide bonds. The van der Waals surface area contributed by atoms with Crippen LogP contribution in [0.15, 0.2) is 11.6 Å². The summed E-state index contributed by atoms with van der Waals surface area (Å²) in [6.07, 6.45) is 8.31. The van der Waals surface area contributed by atoms with Gasteiger partial charge in [-0.05, 0) is 25.7 Å². The molecule has 0 aromatic heterocycles. The van der Waals surface area contributed by atoms with E-state index < -0.39 is 0 Å². The second-order valence-electron chi connectivity index (χ2n) is 3.41. The smallest absolute Gasteiger partial charge is 0.241 e. The van der Waals surface area contributed by atoms with Gasteiger partial charge in [-0.15, -0.1) is 0 Å². The van der Waals surface area contributed by atoms with Gasteiger partial charge < -0.3 is 5.73 Å². The van der Waals surface area contributed by atoms with Crippen molar-refractivity contribution < 1.29 is 4.79 Å². The zero-order valence-electron chi connectivity index (χ0n) is 8.81. The van der Waals surface area contributed by atoms with Crippen LogP contribution in [-0.2, 0) is 4.79 Å². The van der Waals surface area contributed by atoms with Gasteiger partial charge in [0, 0.05) is 6.08 Å². The molecule has 0 heterocycles. The quantitative estimate of drug-likeness (QED) is 0.606. The number of carbonyl (C=O) groups is 1. The van der Waals surface area contributed by atoms with Crippen LogP contribution in [-0.4, -0.2) is 5.91 Å². The lowest BCUT2D eigenvalue weighted by Gasteiger charge is -2.04. The number of unbranched alkanes of at least 4 members (excludes halogenated alkanes) is 2. The van der Waals surface area contributed by atoms with E-state index in [-0.39, 0.29) is 5.91 Å². The first kappa shape index (κ1) is 12.2. The minimum Gasteiger partial charge on any atom is -0.366 e. The first-order valence-corrected chi connectivity index (χ1v) is 5.19. The molecule has 76 valence electrons. The van der Waals surface area contributed by atoms with Crippen molar-refractivity contribution in [2.75, 3.05) is 0 Å². The first-order chi connectivity index (χ1) is 6.20. The van der Waals surface area contributed by atoms with Crippen LogP contribution < -0.4 is 5.73 Å². The van der Waals surface area contributed by atoms with Crippen LogP contribution in [0.2, 0.25) is 0 Å². The molecule has 2 nitrogen and oxygen atoms in total. The van der Waals surface area contributed by atoms with Crippen LogP contribution in [0.5, 0.6) is 0 Å². The summed E-state index contributed by atoms with van der Waals surface area (Å²) in [5, 5.41) is 0. The molecule has 0 unspecified atom stereocenters. The number of allylic oxidation sites excluding steroid dienone is 1. The number of primary amides is 1. The van der Waals surface area contributed by atoms with Gasteiger partial charge in [0.05, 0.1) is 0 Å². The Hall–Kier alpha value is -0.790. The molecule has 0 atom stereocenters. The maximum absolute atomic E-state index is 10.7. The molecule has 0 spiro atoms. The maximum atomic E-state index is 10.7. The van der Waals surface area contributed by atoms with E-state index >= 15 is 0 Å². The molecule has 0 aromatic rings. The Kier molecular flexibility index (Phi) is 7.36. The molecule has 0 aliphatic heterocycles. The van der Waals surface area contributed by atoms with Gasteiger partial charge in [-0.2, -0.15) is 0 Å². The molecule has 2 heteroatoms. The predicted octanol–water partition coefficient (Wildman–Crippen LogP) is 2.78. The van der Waals surface area contributed by atoms with E-state index in [2.05, 4.69) is 13.8 Å². The highest BCUT2D eigenvalue weighted by Gasteiger charge is 1.98. The second kappa shape index (κ2) is 7.84. The average molecular weight is 183 g/mol. The van der Waals surface area contributed by atoms with Crippen LogP contribution >= 0.6 is 0 Å². The first-order valence-electron chi connectivity index (χ1n) is 5.19. The highest BCUT2D eigenvalue weighted by atomic mass is 16.1. The molecule has 0 rings (SSSR count). The average Bonchev–Trinajstić information content (AvgIpc) is 2.09. The van der Waals surface area contributed by atoms with Crippen LogP contribution in [0.1, 0.15) is 52.4 Å². The fraction of sp³-hybridized carbons (Fsp3) is 0.727. The number of hydrogen-bond acceptors (Lipinski definition) is 1. The summed E-state index contributed by atoms with van der Waals surface area (Å²) in [5.41, 5.74) is 6.34. The highest BCUT2D eigenvalue weighted by molar-refractivity contribution is 5.86. The predicted molar refractivity (Wildman–Crippen MR) is 56.3 cm³/mol. The second-order valence-corrected chi connectivity index (χ2v) is 3.41. The molecular formula is C11H21NO. The van der Waals surface area contributed by atoms with Gasteiger partial charge in [-0.3, -0.25) is 4.79 Å². The van der Waals surface area contributed by atoms with Crippen molar-refractivity contribution in [2.45, 2.75) is 52.4 Å². The normalized spacial score (nSPS) is 9.69. The number of carbonyl (C=O) groups excluding carboxylic acids is 1. The summed E-state index contributed by atoms with van der Waals surface area (Å²) in [6, 6.07) is 0. The van der Waals surface area contributed by atoms with Crippen LogP contribution in [0, 0.1) is 0 Å². The van der Waals surface area contributed by atoms with Crippen molar-refractivity contribution in [3.05, 3.63) is 11.6 Å². The Morgan fingerprint density at radius 1 is 1.15 bits per heavy atom. The zero-order valence-corrected chi connectivity index (χ0v) is 8.81. The monoisotopic (exact) mass is 183 g/mol. The minimum absolute atomic E-state index is 0.304. The molecule has 0 aliphatic carbocycles. The molecular weight excluding hydrogens is 162 g/mol. The number of amides is 1. The summed E-state index contributed by atoms with van der Waals surface area (Å²) in [5.74, 6) is -0.304. The van der Waals surface area contributed by atoms with Gasteiger partial charge in [0.15, 0.2) is 0 Å². The van der Waals surface area contributed by atoms with Crippen LogP contribution in [0.3, 0.4) is 0 Å². The van der Waals surface area contributed by atoms with E-state index in [1.165, 1.54) is 18.4 Å². The summed E-state index contributed by atoms with van der Waals surface area (Å²) in [7, 11) is 0. The van der Waals surface area contributed by atoms with Crippen LogP contribution in [0.25, 0.3) is 0 Å². The standard InChI is InChI=1S/C11H21NO/c1-3-5-7-10(8-6-4-2)9-11(12)13/h9H,3-8H2,1-2H3,(H2,12,13). The Morgan fingerprint density at radius 3 is 1.92 bits per heavy atom. The van der Waals surface area contributed by atoms with E-state index in [9.17, 15) is 4.79 Å². The van der Waals surface area contributed by atoms with Crippen molar-refractivity contribution in [3.8, 4) is 0 Å². The summed E-state index contributed by atoms with van der Waals surface area (Å²) >= 11 is 0. The number of rotatable bonds is 7. The molecule has 0 radical (unpaired) electrons. The van der Waals surface area contributed by atoms with Gasteiger partial charge in [0.1, 0.15) is 0 Å². The maximum Gasteiger partial charge on any atom is 0.241 e. The van der Waals surface area contributed by atoms with E-state index in [0.29, 0.717) is 0 Å². The Morgan fingerprint density at radius 2 is 1.62 bits per heavy atom. The van der Waals surface area contributed by atoms with Crippen molar-refractivity contribution in [1.82, 2.24) is 0 Å². The van der Waals surface area contributed by atoms with E-state index in [4.69, 9.17) is 5.73 Å². The molecule has 2 N–H and O–H groups in total. The minimum atomic E-state index is -0.304. The summed E-state index contributed by atoms with van der Waals surface area (Å²) in [6.45, 7) is 4.31. The molecule has 0 aliphatic rings. The van der Waals surface area contributed by atoms with Gasteiger partial charge in [-0.1, -0.05) is 32.3 Å². The van der Waals surface area contributed by atoms with Crippen molar-refractivity contribution in [3.63, 3.8) is 0 Å². The van der Waals surface area contributed by atoms with Crippen molar-refractivity contribution >= 4 is 5.91 Å². The lowest BCUT2D eigenvalue weighted by Crippen LogP contribution is -2.07. The highest BCUT2D eigenvalue weighted by Crippen LogP contribution is 2.14. The Balaban J connectivity index is 3.94. The largest absolute Gasteiger partial charge is 0.366 e. The molecule has 0 saturated heterocycles. The lowest BCUT2D eigenvalue weighted by atomic mass is 10.0. The van der Waals surface area contributed by atoms with Gasteiger partial charge in [0.25, 0.3) is 0 Å². The number of hydrogen-bond donors (Lipinski definition) is 1.